The van der Waals surface area contributed by atoms with Crippen LogP contribution < -0.4 is 9.47 Å². The van der Waals surface area contributed by atoms with Gasteiger partial charge >= 0.3 is 0 Å². The Bertz CT molecular complexity index is 555. The summed E-state index contributed by atoms with van der Waals surface area (Å²) in [6.07, 6.45) is 0. The van der Waals surface area contributed by atoms with Crippen molar-refractivity contribution in [3.05, 3.63) is 53.3 Å². The first-order valence-corrected chi connectivity index (χ1v) is 6.06. The predicted octanol–water partition coefficient (Wildman–Crippen LogP) is 2.47. The second-order valence-electron chi connectivity index (χ2n) is 4.19. The van der Waals surface area contributed by atoms with Gasteiger partial charge < -0.3 is 14.6 Å². The normalized spacial score (nSPS) is 10.3. The van der Waals surface area contributed by atoms with Crippen LogP contribution in [0.2, 0.25) is 0 Å². The van der Waals surface area contributed by atoms with Gasteiger partial charge in [-0.1, -0.05) is 6.07 Å². The Balaban J connectivity index is 2.11. The second-order valence-corrected chi connectivity index (χ2v) is 4.19. The summed E-state index contributed by atoms with van der Waals surface area (Å²) in [5.41, 5.74) is 2.52. The molecule has 2 aromatic rings. The minimum Gasteiger partial charge on any atom is -0.497 e. The first-order valence-electron chi connectivity index (χ1n) is 6.06. The maximum Gasteiger partial charge on any atom is 0.130 e. The van der Waals surface area contributed by atoms with Gasteiger partial charge in [-0.05, 0) is 37.3 Å². The number of aliphatic hydroxyl groups is 1. The molecule has 19 heavy (non-hydrogen) atoms. The lowest BCUT2D eigenvalue weighted by Crippen LogP contribution is -2.01. The Kier molecular flexibility index (Phi) is 4.36. The third-order valence-corrected chi connectivity index (χ3v) is 2.76. The number of benzene rings is 1. The average Bonchev–Trinajstić information content (AvgIpc) is 2.45. The number of aromatic nitrogens is 1. The van der Waals surface area contributed by atoms with Crippen molar-refractivity contribution in [2.75, 3.05) is 7.11 Å². The van der Waals surface area contributed by atoms with Gasteiger partial charge in [-0.25, -0.2) is 0 Å². The third-order valence-electron chi connectivity index (χ3n) is 2.76. The third kappa shape index (κ3) is 3.45. The summed E-state index contributed by atoms with van der Waals surface area (Å²) >= 11 is 0. The molecule has 1 N–H and O–H groups in total. The largest absolute Gasteiger partial charge is 0.497 e. The number of ether oxygens (including phenoxy) is 2. The van der Waals surface area contributed by atoms with Crippen molar-refractivity contribution in [1.29, 1.82) is 0 Å². The highest BCUT2D eigenvalue weighted by molar-refractivity contribution is 5.39. The molecule has 0 amide bonds. The minimum atomic E-state index is -0.0895. The van der Waals surface area contributed by atoms with Crippen LogP contribution in [0.5, 0.6) is 11.5 Å². The van der Waals surface area contributed by atoms with Gasteiger partial charge in [-0.15, -0.1) is 0 Å². The second kappa shape index (κ2) is 6.20. The molecule has 0 spiro atoms. The van der Waals surface area contributed by atoms with E-state index in [2.05, 4.69) is 4.98 Å². The maximum atomic E-state index is 9.33. The number of hydrogen-bond donors (Lipinski definition) is 1. The van der Waals surface area contributed by atoms with Gasteiger partial charge in [-0.3, -0.25) is 4.98 Å². The van der Waals surface area contributed by atoms with Gasteiger partial charge in [0.2, 0.25) is 0 Å². The van der Waals surface area contributed by atoms with E-state index in [0.29, 0.717) is 23.7 Å². The van der Waals surface area contributed by atoms with Gasteiger partial charge in [0.05, 0.1) is 19.4 Å². The molecular formula is C15H17NO3. The highest BCUT2D eigenvalue weighted by atomic mass is 16.5. The molecule has 4 nitrogen and oxygen atoms in total. The Morgan fingerprint density at radius 1 is 1.21 bits per heavy atom. The van der Waals surface area contributed by atoms with Crippen molar-refractivity contribution < 1.29 is 14.6 Å². The minimum absolute atomic E-state index is 0.0895. The van der Waals surface area contributed by atoms with Crippen LogP contribution in [0.15, 0.2) is 36.4 Å². The van der Waals surface area contributed by atoms with Gasteiger partial charge in [0.25, 0.3) is 0 Å². The number of hydrogen-bond acceptors (Lipinski definition) is 4. The molecular weight excluding hydrogens is 242 g/mol. The smallest absolute Gasteiger partial charge is 0.130 e. The molecule has 0 fully saturated rings. The molecule has 0 aliphatic carbocycles. The van der Waals surface area contributed by atoms with Gasteiger partial charge in [-0.2, -0.15) is 0 Å². The summed E-state index contributed by atoms with van der Waals surface area (Å²) in [6.45, 7) is 2.23. The highest BCUT2D eigenvalue weighted by Crippen LogP contribution is 2.24. The molecule has 0 aliphatic rings. The lowest BCUT2D eigenvalue weighted by atomic mass is 10.2. The van der Waals surface area contributed by atoms with E-state index in [4.69, 9.17) is 9.47 Å². The number of aryl methyl sites for hydroxylation is 1. The van der Waals surface area contributed by atoms with Crippen LogP contribution in [0.25, 0.3) is 0 Å². The molecule has 100 valence electrons. The van der Waals surface area contributed by atoms with E-state index in [0.717, 1.165) is 11.4 Å². The van der Waals surface area contributed by atoms with Crippen LogP contribution in [-0.4, -0.2) is 17.2 Å². The Morgan fingerprint density at radius 3 is 2.74 bits per heavy atom. The molecule has 0 radical (unpaired) electrons. The number of nitrogens with zero attached hydrogens (tertiary/aromatic N) is 1. The van der Waals surface area contributed by atoms with Crippen molar-refractivity contribution in [3.63, 3.8) is 0 Å². The number of pyridine rings is 1. The molecule has 1 heterocycles. The summed E-state index contributed by atoms with van der Waals surface area (Å²) in [6, 6.07) is 11.2. The standard InChI is InChI=1S/C15H17NO3/c1-11-4-3-5-13(16-11)10-19-15-7-6-14(18-2)8-12(15)9-17/h3-8,17H,9-10H2,1-2H3. The summed E-state index contributed by atoms with van der Waals surface area (Å²) in [5.74, 6) is 1.34. The molecule has 1 aromatic heterocycles. The molecule has 0 unspecified atom stereocenters. The molecule has 0 aliphatic heterocycles. The zero-order valence-corrected chi connectivity index (χ0v) is 11.1. The predicted molar refractivity (Wildman–Crippen MR) is 72.2 cm³/mol. The number of rotatable bonds is 5. The van der Waals surface area contributed by atoms with E-state index < -0.39 is 0 Å². The number of aliphatic hydroxyl groups excluding tert-OH is 1. The van der Waals surface area contributed by atoms with Crippen molar-refractivity contribution in [2.45, 2.75) is 20.1 Å². The fraction of sp³-hybridized carbons (Fsp3) is 0.267. The van der Waals surface area contributed by atoms with E-state index in [1.807, 2.05) is 25.1 Å². The molecule has 4 heteroatoms. The first kappa shape index (κ1) is 13.4. The molecule has 0 bridgehead atoms. The monoisotopic (exact) mass is 259 g/mol. The molecule has 2 rings (SSSR count). The Morgan fingerprint density at radius 2 is 2.05 bits per heavy atom. The average molecular weight is 259 g/mol. The molecule has 0 saturated heterocycles. The zero-order chi connectivity index (χ0) is 13.7. The van der Waals surface area contributed by atoms with Crippen molar-refractivity contribution in [3.8, 4) is 11.5 Å². The quantitative estimate of drug-likeness (QED) is 0.896. The molecule has 0 saturated carbocycles. The van der Waals surface area contributed by atoms with Crippen LogP contribution in [0, 0.1) is 6.92 Å². The molecule has 0 atom stereocenters. The van der Waals surface area contributed by atoms with Crippen LogP contribution in [-0.2, 0) is 13.2 Å². The summed E-state index contributed by atoms with van der Waals surface area (Å²) in [5, 5.41) is 9.33. The molecule has 1 aromatic carbocycles. The Labute approximate surface area is 112 Å². The van der Waals surface area contributed by atoms with Crippen LogP contribution >= 0.6 is 0 Å². The summed E-state index contributed by atoms with van der Waals surface area (Å²) in [4.78, 5) is 4.37. The number of methoxy groups -OCH3 is 1. The van der Waals surface area contributed by atoms with Gasteiger partial charge in [0.1, 0.15) is 18.1 Å². The summed E-state index contributed by atoms with van der Waals surface area (Å²) < 4.78 is 10.8. The van der Waals surface area contributed by atoms with Crippen LogP contribution in [0.4, 0.5) is 0 Å². The van der Waals surface area contributed by atoms with Crippen LogP contribution in [0.1, 0.15) is 17.0 Å². The Hall–Kier alpha value is -2.07. The topological polar surface area (TPSA) is 51.6 Å². The van der Waals surface area contributed by atoms with E-state index >= 15 is 0 Å². The fourth-order valence-electron chi connectivity index (χ4n) is 1.78. The van der Waals surface area contributed by atoms with E-state index in [1.165, 1.54) is 0 Å². The first-order chi connectivity index (χ1) is 9.22. The van der Waals surface area contributed by atoms with Gasteiger partial charge in [0, 0.05) is 11.3 Å². The van der Waals surface area contributed by atoms with E-state index in [9.17, 15) is 5.11 Å². The van der Waals surface area contributed by atoms with Crippen LogP contribution in [0.3, 0.4) is 0 Å². The van der Waals surface area contributed by atoms with E-state index in [-0.39, 0.29) is 6.61 Å². The lowest BCUT2D eigenvalue weighted by Gasteiger charge is -2.11. The van der Waals surface area contributed by atoms with Crippen molar-refractivity contribution in [2.24, 2.45) is 0 Å². The van der Waals surface area contributed by atoms with Crippen molar-refractivity contribution >= 4 is 0 Å². The van der Waals surface area contributed by atoms with Gasteiger partial charge in [0.15, 0.2) is 0 Å². The highest BCUT2D eigenvalue weighted by Gasteiger charge is 2.05. The lowest BCUT2D eigenvalue weighted by molar-refractivity contribution is 0.256. The SMILES string of the molecule is COc1ccc(OCc2cccc(C)n2)c(CO)c1. The van der Waals surface area contributed by atoms with Crippen molar-refractivity contribution in [1.82, 2.24) is 4.98 Å². The fourth-order valence-corrected chi connectivity index (χ4v) is 1.78. The van der Waals surface area contributed by atoms with E-state index in [1.54, 1.807) is 25.3 Å². The maximum absolute atomic E-state index is 9.33. The zero-order valence-electron chi connectivity index (χ0n) is 11.1. The summed E-state index contributed by atoms with van der Waals surface area (Å²) in [7, 11) is 1.59.